The molecule has 0 aromatic heterocycles. The predicted molar refractivity (Wildman–Crippen MR) is 77.2 cm³/mol. The van der Waals surface area contributed by atoms with E-state index in [9.17, 15) is 4.79 Å². The zero-order valence-electron chi connectivity index (χ0n) is 12.2. The Morgan fingerprint density at radius 2 is 1.85 bits per heavy atom. The van der Waals surface area contributed by atoms with Gasteiger partial charge >= 0.3 is 0 Å². The fraction of sp³-hybridized carbons (Fsp3) is 0.588. The third-order valence-corrected chi connectivity index (χ3v) is 4.18. The maximum atomic E-state index is 12.8. The number of benzene rings is 1. The average molecular weight is 274 g/mol. The summed E-state index contributed by atoms with van der Waals surface area (Å²) in [5, 5.41) is 0. The summed E-state index contributed by atoms with van der Waals surface area (Å²) in [7, 11) is 0. The van der Waals surface area contributed by atoms with E-state index in [1.807, 2.05) is 38.1 Å². The smallest absolute Gasteiger partial charge is 0.169 e. The van der Waals surface area contributed by atoms with Gasteiger partial charge in [-0.15, -0.1) is 0 Å². The Hall–Kier alpha value is -1.35. The minimum Gasteiger partial charge on any atom is -0.490 e. The Morgan fingerprint density at radius 3 is 2.50 bits per heavy atom. The maximum Gasteiger partial charge on any atom is 0.169 e. The highest BCUT2D eigenvalue weighted by Gasteiger charge is 2.38. The maximum absolute atomic E-state index is 12.8. The van der Waals surface area contributed by atoms with Crippen molar-refractivity contribution < 1.29 is 14.3 Å². The molecule has 2 atom stereocenters. The third kappa shape index (κ3) is 2.73. The van der Waals surface area contributed by atoms with Crippen molar-refractivity contribution in [2.75, 3.05) is 0 Å². The van der Waals surface area contributed by atoms with Gasteiger partial charge in [-0.3, -0.25) is 4.79 Å². The molecule has 108 valence electrons. The SMILES string of the molecule is CC(C)Oc1ccccc1C(=O)C1CC2CCC(C1)O2. The summed E-state index contributed by atoms with van der Waals surface area (Å²) >= 11 is 0. The van der Waals surface area contributed by atoms with E-state index < -0.39 is 0 Å². The molecule has 2 heterocycles. The molecular formula is C17H22O3. The van der Waals surface area contributed by atoms with Crippen molar-refractivity contribution in [3.05, 3.63) is 29.8 Å². The Balaban J connectivity index is 1.80. The molecular weight excluding hydrogens is 252 g/mol. The Labute approximate surface area is 120 Å². The zero-order valence-corrected chi connectivity index (χ0v) is 12.2. The van der Waals surface area contributed by atoms with Crippen LogP contribution in [0.1, 0.15) is 49.9 Å². The van der Waals surface area contributed by atoms with Gasteiger partial charge in [-0.25, -0.2) is 0 Å². The topological polar surface area (TPSA) is 35.5 Å². The first-order valence-corrected chi connectivity index (χ1v) is 7.59. The third-order valence-electron chi connectivity index (χ3n) is 4.18. The van der Waals surface area contributed by atoms with E-state index in [1.165, 1.54) is 0 Å². The van der Waals surface area contributed by atoms with E-state index in [0.717, 1.165) is 31.2 Å². The number of ether oxygens (including phenoxy) is 2. The normalized spacial score (nSPS) is 28.6. The lowest BCUT2D eigenvalue weighted by molar-refractivity contribution is -0.0149. The molecule has 3 rings (SSSR count). The molecule has 3 nitrogen and oxygen atoms in total. The van der Waals surface area contributed by atoms with Crippen LogP contribution in [0, 0.1) is 5.92 Å². The number of Topliss-reactive ketones (excluding diaryl/α,β-unsaturated/α-hetero) is 1. The van der Waals surface area contributed by atoms with Crippen molar-refractivity contribution in [2.45, 2.75) is 57.8 Å². The molecule has 3 heteroatoms. The summed E-state index contributed by atoms with van der Waals surface area (Å²) in [6.45, 7) is 3.96. The lowest BCUT2D eigenvalue weighted by Crippen LogP contribution is -2.30. The van der Waals surface area contributed by atoms with Crippen molar-refractivity contribution in [1.29, 1.82) is 0 Å². The zero-order chi connectivity index (χ0) is 14.1. The molecule has 2 unspecified atom stereocenters. The molecule has 2 bridgehead atoms. The number of rotatable bonds is 4. The molecule has 2 fully saturated rings. The number of hydrogen-bond donors (Lipinski definition) is 0. The van der Waals surface area contributed by atoms with Crippen LogP contribution in [0.15, 0.2) is 24.3 Å². The van der Waals surface area contributed by atoms with Gasteiger partial charge in [0.2, 0.25) is 0 Å². The highest BCUT2D eigenvalue weighted by Crippen LogP contribution is 2.38. The molecule has 2 aliphatic heterocycles. The van der Waals surface area contributed by atoms with Gasteiger partial charge in [0.25, 0.3) is 0 Å². The molecule has 0 spiro atoms. The Bertz CT molecular complexity index is 483. The second-order valence-corrected chi connectivity index (χ2v) is 6.15. The summed E-state index contributed by atoms with van der Waals surface area (Å²) in [4.78, 5) is 12.8. The molecule has 2 saturated heterocycles. The summed E-state index contributed by atoms with van der Waals surface area (Å²) in [6.07, 6.45) is 4.62. The predicted octanol–water partition coefficient (Wildman–Crippen LogP) is 3.61. The number of fused-ring (bicyclic) bond motifs is 2. The van der Waals surface area contributed by atoms with Crippen LogP contribution < -0.4 is 4.74 Å². The number of carbonyl (C=O) groups is 1. The van der Waals surface area contributed by atoms with Crippen molar-refractivity contribution in [1.82, 2.24) is 0 Å². The molecule has 0 N–H and O–H groups in total. The van der Waals surface area contributed by atoms with E-state index in [-0.39, 0.29) is 17.8 Å². The van der Waals surface area contributed by atoms with E-state index in [1.54, 1.807) is 0 Å². The molecule has 0 amide bonds. The monoisotopic (exact) mass is 274 g/mol. The summed E-state index contributed by atoms with van der Waals surface area (Å²) in [6, 6.07) is 7.61. The van der Waals surface area contributed by atoms with Crippen molar-refractivity contribution in [2.24, 2.45) is 5.92 Å². The quantitative estimate of drug-likeness (QED) is 0.787. The lowest BCUT2D eigenvalue weighted by Gasteiger charge is -2.27. The highest BCUT2D eigenvalue weighted by molar-refractivity contribution is 6.00. The van der Waals surface area contributed by atoms with E-state index in [2.05, 4.69) is 0 Å². The van der Waals surface area contributed by atoms with Crippen LogP contribution >= 0.6 is 0 Å². The van der Waals surface area contributed by atoms with Crippen LogP contribution in [0.5, 0.6) is 5.75 Å². The minimum atomic E-state index is 0.0785. The fourth-order valence-electron chi connectivity index (χ4n) is 3.32. The van der Waals surface area contributed by atoms with Crippen LogP contribution in [0.2, 0.25) is 0 Å². The van der Waals surface area contributed by atoms with E-state index in [4.69, 9.17) is 9.47 Å². The number of carbonyl (C=O) groups excluding carboxylic acids is 1. The summed E-state index contributed by atoms with van der Waals surface area (Å²) < 4.78 is 11.6. The van der Waals surface area contributed by atoms with Gasteiger partial charge in [0.1, 0.15) is 5.75 Å². The molecule has 0 radical (unpaired) electrons. The van der Waals surface area contributed by atoms with Crippen LogP contribution in [0.3, 0.4) is 0 Å². The number of para-hydroxylation sites is 1. The van der Waals surface area contributed by atoms with Crippen molar-refractivity contribution in [3.63, 3.8) is 0 Å². The van der Waals surface area contributed by atoms with E-state index in [0.29, 0.717) is 18.0 Å². The minimum absolute atomic E-state index is 0.0785. The first-order valence-electron chi connectivity index (χ1n) is 7.59. The standard InChI is InChI=1S/C17H22O3/c1-11(2)19-16-6-4-3-5-15(16)17(18)12-9-13-7-8-14(10-12)20-13/h3-6,11-14H,7-10H2,1-2H3. The first-order chi connectivity index (χ1) is 9.63. The molecule has 1 aromatic carbocycles. The second kappa shape index (κ2) is 5.57. The molecule has 1 aromatic rings. The van der Waals surface area contributed by atoms with E-state index >= 15 is 0 Å². The van der Waals surface area contributed by atoms with Gasteiger partial charge in [0.15, 0.2) is 5.78 Å². The van der Waals surface area contributed by atoms with Crippen molar-refractivity contribution in [3.8, 4) is 5.75 Å². The Morgan fingerprint density at radius 1 is 1.20 bits per heavy atom. The first kappa shape index (κ1) is 13.6. The molecule has 0 aliphatic carbocycles. The van der Waals surface area contributed by atoms with Crippen LogP contribution in [-0.4, -0.2) is 24.1 Å². The lowest BCUT2D eigenvalue weighted by atomic mass is 9.87. The van der Waals surface area contributed by atoms with Gasteiger partial charge in [0, 0.05) is 5.92 Å². The van der Waals surface area contributed by atoms with Gasteiger partial charge in [-0.1, -0.05) is 12.1 Å². The van der Waals surface area contributed by atoms with Crippen LogP contribution in [0.25, 0.3) is 0 Å². The average Bonchev–Trinajstić information content (AvgIpc) is 2.76. The number of hydrogen-bond acceptors (Lipinski definition) is 3. The van der Waals surface area contributed by atoms with Gasteiger partial charge < -0.3 is 9.47 Å². The number of ketones is 1. The summed E-state index contributed by atoms with van der Waals surface area (Å²) in [5.41, 5.74) is 0.729. The molecule has 20 heavy (non-hydrogen) atoms. The van der Waals surface area contributed by atoms with Crippen LogP contribution in [-0.2, 0) is 4.74 Å². The van der Waals surface area contributed by atoms with Crippen molar-refractivity contribution >= 4 is 5.78 Å². The Kier molecular flexibility index (Phi) is 3.79. The van der Waals surface area contributed by atoms with Gasteiger partial charge in [0.05, 0.1) is 23.9 Å². The van der Waals surface area contributed by atoms with Gasteiger partial charge in [-0.05, 0) is 51.7 Å². The largest absolute Gasteiger partial charge is 0.490 e. The second-order valence-electron chi connectivity index (χ2n) is 6.15. The van der Waals surface area contributed by atoms with Gasteiger partial charge in [-0.2, -0.15) is 0 Å². The molecule has 0 saturated carbocycles. The fourth-order valence-corrected chi connectivity index (χ4v) is 3.32. The molecule has 2 aliphatic rings. The summed E-state index contributed by atoms with van der Waals surface area (Å²) in [5.74, 6) is 1.03. The van der Waals surface area contributed by atoms with Crippen LogP contribution in [0.4, 0.5) is 0 Å². The highest BCUT2D eigenvalue weighted by atomic mass is 16.5.